The van der Waals surface area contributed by atoms with Crippen LogP contribution >= 0.6 is 11.3 Å². The summed E-state index contributed by atoms with van der Waals surface area (Å²) in [6.07, 6.45) is 4.05. The van der Waals surface area contributed by atoms with Crippen molar-refractivity contribution < 1.29 is 14.3 Å². The van der Waals surface area contributed by atoms with Gasteiger partial charge in [0.2, 0.25) is 5.91 Å². The first-order valence-corrected chi connectivity index (χ1v) is 8.91. The number of thiophene rings is 1. The third-order valence-corrected chi connectivity index (χ3v) is 5.76. The van der Waals surface area contributed by atoms with Gasteiger partial charge in [-0.05, 0) is 36.4 Å². The minimum atomic E-state index is -0.374. The Hall–Kier alpha value is -2.01. The van der Waals surface area contributed by atoms with E-state index in [2.05, 4.69) is 11.4 Å². The molecular formula is C18H19NO3S. The zero-order valence-corrected chi connectivity index (χ0v) is 13.7. The highest BCUT2D eigenvalue weighted by atomic mass is 32.1. The highest BCUT2D eigenvalue weighted by Gasteiger charge is 2.43. The van der Waals surface area contributed by atoms with Gasteiger partial charge in [0.25, 0.3) is 0 Å². The van der Waals surface area contributed by atoms with Crippen LogP contribution in [0.4, 0.5) is 5.69 Å². The molecule has 4 nitrogen and oxygen atoms in total. The number of fused-ring (bicyclic) bond motifs is 1. The van der Waals surface area contributed by atoms with Crippen molar-refractivity contribution in [3.8, 4) is 11.5 Å². The number of rotatable bonds is 3. The number of hydrogen-bond donors (Lipinski definition) is 1. The van der Waals surface area contributed by atoms with Crippen LogP contribution in [0.25, 0.3) is 0 Å². The molecule has 1 aromatic heterocycles. The zero-order chi connectivity index (χ0) is 15.7. The Morgan fingerprint density at radius 1 is 1.09 bits per heavy atom. The summed E-state index contributed by atoms with van der Waals surface area (Å²) in [6.45, 7) is 1.11. The van der Waals surface area contributed by atoms with Crippen LogP contribution in [-0.2, 0) is 10.2 Å². The predicted molar refractivity (Wildman–Crippen MR) is 90.5 cm³/mol. The van der Waals surface area contributed by atoms with Crippen LogP contribution in [0.1, 0.15) is 30.6 Å². The van der Waals surface area contributed by atoms with Crippen LogP contribution in [0.2, 0.25) is 0 Å². The van der Waals surface area contributed by atoms with Gasteiger partial charge in [-0.15, -0.1) is 11.3 Å². The van der Waals surface area contributed by atoms with Crippen LogP contribution in [0.15, 0.2) is 35.7 Å². The minimum Gasteiger partial charge on any atom is -0.486 e. The molecule has 4 rings (SSSR count). The lowest BCUT2D eigenvalue weighted by Crippen LogP contribution is -2.37. The molecule has 0 bridgehead atoms. The molecule has 2 heterocycles. The van der Waals surface area contributed by atoms with E-state index in [0.717, 1.165) is 37.1 Å². The molecule has 120 valence electrons. The SMILES string of the molecule is O=C(Nc1ccc2c(c1)OCCO2)C1(c2cccs2)CCCC1. The average Bonchev–Trinajstić information content (AvgIpc) is 3.26. The number of carbonyl (C=O) groups is 1. The van der Waals surface area contributed by atoms with E-state index in [-0.39, 0.29) is 11.3 Å². The van der Waals surface area contributed by atoms with Crippen molar-refractivity contribution in [2.24, 2.45) is 0 Å². The second-order valence-corrected chi connectivity index (χ2v) is 7.03. The molecule has 0 atom stereocenters. The lowest BCUT2D eigenvalue weighted by atomic mass is 9.83. The Labute approximate surface area is 139 Å². The Kier molecular flexibility index (Phi) is 3.73. The molecule has 2 aromatic rings. The fraction of sp³-hybridized carbons (Fsp3) is 0.389. The van der Waals surface area contributed by atoms with Crippen molar-refractivity contribution >= 4 is 22.9 Å². The summed E-state index contributed by atoms with van der Waals surface area (Å²) in [6, 6.07) is 9.69. The van der Waals surface area contributed by atoms with Crippen molar-refractivity contribution in [2.75, 3.05) is 18.5 Å². The van der Waals surface area contributed by atoms with E-state index in [9.17, 15) is 4.79 Å². The molecule has 5 heteroatoms. The van der Waals surface area contributed by atoms with Gasteiger partial charge in [-0.25, -0.2) is 0 Å². The van der Waals surface area contributed by atoms with Gasteiger partial charge in [0.15, 0.2) is 11.5 Å². The van der Waals surface area contributed by atoms with Crippen molar-refractivity contribution in [1.29, 1.82) is 0 Å². The molecule has 0 unspecified atom stereocenters. The van der Waals surface area contributed by atoms with Crippen LogP contribution in [0.3, 0.4) is 0 Å². The highest BCUT2D eigenvalue weighted by Crippen LogP contribution is 2.44. The molecule has 23 heavy (non-hydrogen) atoms. The van der Waals surface area contributed by atoms with E-state index in [1.807, 2.05) is 29.6 Å². The third-order valence-electron chi connectivity index (χ3n) is 4.68. The molecule has 2 aliphatic rings. The third kappa shape index (κ3) is 2.59. The van der Waals surface area contributed by atoms with Crippen molar-refractivity contribution in [3.05, 3.63) is 40.6 Å². The summed E-state index contributed by atoms with van der Waals surface area (Å²) < 4.78 is 11.1. The number of carbonyl (C=O) groups excluding carboxylic acids is 1. The number of ether oxygens (including phenoxy) is 2. The Bertz CT molecular complexity index is 705. The van der Waals surface area contributed by atoms with E-state index in [1.54, 1.807) is 11.3 Å². The number of amides is 1. The number of benzene rings is 1. The molecule has 1 amide bonds. The Morgan fingerprint density at radius 3 is 2.61 bits per heavy atom. The van der Waals surface area contributed by atoms with Gasteiger partial charge < -0.3 is 14.8 Å². The predicted octanol–water partition coefficient (Wildman–Crippen LogP) is 3.97. The van der Waals surface area contributed by atoms with Gasteiger partial charge in [0.05, 0.1) is 5.41 Å². The standard InChI is InChI=1S/C18H19NO3S/c20-17(18(7-1-2-8-18)16-4-3-11-23-16)19-13-5-6-14-15(12-13)22-10-9-21-14/h3-6,11-12H,1-2,7-10H2,(H,19,20). The monoisotopic (exact) mass is 329 g/mol. The maximum absolute atomic E-state index is 13.0. The molecule has 1 aliphatic heterocycles. The van der Waals surface area contributed by atoms with Crippen molar-refractivity contribution in [2.45, 2.75) is 31.1 Å². The molecule has 0 saturated heterocycles. The van der Waals surface area contributed by atoms with Gasteiger partial charge >= 0.3 is 0 Å². The highest BCUT2D eigenvalue weighted by molar-refractivity contribution is 7.10. The van der Waals surface area contributed by atoms with Gasteiger partial charge in [0, 0.05) is 16.6 Å². The topological polar surface area (TPSA) is 47.6 Å². The maximum Gasteiger partial charge on any atom is 0.235 e. The van der Waals surface area contributed by atoms with E-state index in [4.69, 9.17) is 9.47 Å². The summed E-state index contributed by atoms with van der Waals surface area (Å²) in [5.74, 6) is 1.53. The first-order chi connectivity index (χ1) is 11.3. The molecule has 1 N–H and O–H groups in total. The molecule has 1 saturated carbocycles. The number of nitrogens with one attached hydrogen (secondary N) is 1. The maximum atomic E-state index is 13.0. The van der Waals surface area contributed by atoms with E-state index >= 15 is 0 Å². The first-order valence-electron chi connectivity index (χ1n) is 8.03. The summed E-state index contributed by atoms with van der Waals surface area (Å²) in [5, 5.41) is 5.14. The summed E-state index contributed by atoms with van der Waals surface area (Å²) in [5.41, 5.74) is 0.392. The summed E-state index contributed by atoms with van der Waals surface area (Å²) >= 11 is 1.68. The molecule has 0 spiro atoms. The normalized spacial score (nSPS) is 18.6. The summed E-state index contributed by atoms with van der Waals surface area (Å²) in [4.78, 5) is 14.2. The lowest BCUT2D eigenvalue weighted by Gasteiger charge is -2.27. The second kappa shape index (κ2) is 5.89. The second-order valence-electron chi connectivity index (χ2n) is 6.08. The molecule has 1 aromatic carbocycles. The number of hydrogen-bond acceptors (Lipinski definition) is 4. The summed E-state index contributed by atoms with van der Waals surface area (Å²) in [7, 11) is 0. The van der Waals surface area contributed by atoms with Crippen LogP contribution in [0.5, 0.6) is 11.5 Å². The van der Waals surface area contributed by atoms with Crippen molar-refractivity contribution in [1.82, 2.24) is 0 Å². The molecular weight excluding hydrogens is 310 g/mol. The van der Waals surface area contributed by atoms with E-state index in [0.29, 0.717) is 19.0 Å². The zero-order valence-electron chi connectivity index (χ0n) is 12.8. The Balaban J connectivity index is 1.59. The molecule has 1 fully saturated rings. The smallest absolute Gasteiger partial charge is 0.235 e. The fourth-order valence-electron chi connectivity index (χ4n) is 3.49. The fourth-order valence-corrected chi connectivity index (χ4v) is 4.47. The average molecular weight is 329 g/mol. The number of anilines is 1. The van der Waals surface area contributed by atoms with Gasteiger partial charge in [-0.3, -0.25) is 4.79 Å². The van der Waals surface area contributed by atoms with E-state index in [1.165, 1.54) is 4.88 Å². The largest absolute Gasteiger partial charge is 0.486 e. The lowest BCUT2D eigenvalue weighted by molar-refractivity contribution is -0.121. The minimum absolute atomic E-state index is 0.0918. The van der Waals surface area contributed by atoms with Crippen LogP contribution in [-0.4, -0.2) is 19.1 Å². The van der Waals surface area contributed by atoms with Gasteiger partial charge in [-0.2, -0.15) is 0 Å². The Morgan fingerprint density at radius 2 is 1.87 bits per heavy atom. The van der Waals surface area contributed by atoms with Crippen LogP contribution < -0.4 is 14.8 Å². The van der Waals surface area contributed by atoms with Gasteiger partial charge in [0.1, 0.15) is 13.2 Å². The van der Waals surface area contributed by atoms with Gasteiger partial charge in [-0.1, -0.05) is 18.9 Å². The first kappa shape index (κ1) is 14.6. The van der Waals surface area contributed by atoms with E-state index < -0.39 is 0 Å². The molecule has 0 radical (unpaired) electrons. The van der Waals surface area contributed by atoms with Crippen LogP contribution in [0, 0.1) is 0 Å². The molecule has 1 aliphatic carbocycles. The van der Waals surface area contributed by atoms with Crippen molar-refractivity contribution in [3.63, 3.8) is 0 Å². The quantitative estimate of drug-likeness (QED) is 0.927.